The van der Waals surface area contributed by atoms with Crippen molar-refractivity contribution < 1.29 is 18.3 Å². The van der Waals surface area contributed by atoms with Crippen LogP contribution in [0.5, 0.6) is 0 Å². The lowest BCUT2D eigenvalue weighted by atomic mass is 10.0. The van der Waals surface area contributed by atoms with E-state index in [0.717, 1.165) is 61.0 Å². The summed E-state index contributed by atoms with van der Waals surface area (Å²) in [5.74, 6) is 0.163. The predicted molar refractivity (Wildman–Crippen MR) is 184 cm³/mol. The highest BCUT2D eigenvalue weighted by Crippen LogP contribution is 2.23. The Morgan fingerprint density at radius 3 is 2.02 bits per heavy atom. The standard InChI is InChI=1S/C17H26N2O.C10H16N2O3S.C5H12.C2H6/c1-4-11-19-12-6-5-10-15(19)17(20)18-16-13(2)8-7-9-14(16)3;1-11-7-10(13)8-3-5-9(6-4-8)12-16(2,14)15;1-3-5-4-2;1-2/h7-9,15H,4-6,10-12H2,1-3H3,(H,18,20);3-6,10-13H,7H2,1-2H3;3-5H2,1-2H3;1-2H3. The van der Waals surface area contributed by atoms with Gasteiger partial charge in [0.15, 0.2) is 0 Å². The molecule has 246 valence electrons. The highest BCUT2D eigenvalue weighted by atomic mass is 32.2. The Morgan fingerprint density at radius 1 is 0.977 bits per heavy atom. The largest absolute Gasteiger partial charge is 0.387 e. The summed E-state index contributed by atoms with van der Waals surface area (Å²) in [6.45, 7) is 17.2. The zero-order chi connectivity index (χ0) is 32.8. The molecule has 0 radical (unpaired) electrons. The molecule has 0 saturated carbocycles. The molecule has 0 aliphatic carbocycles. The quantitative estimate of drug-likeness (QED) is 0.215. The lowest BCUT2D eigenvalue weighted by Gasteiger charge is -2.34. The maximum Gasteiger partial charge on any atom is 0.241 e. The number of likely N-dealkylation sites (N-methyl/N-ethyl adjacent to an activating group) is 1. The van der Waals surface area contributed by atoms with Crippen LogP contribution in [0.1, 0.15) is 102 Å². The number of unbranched alkanes of at least 4 members (excludes halogenated alkanes) is 2. The number of benzene rings is 2. The second-order valence-corrected chi connectivity index (χ2v) is 12.5. The van der Waals surface area contributed by atoms with Gasteiger partial charge in [-0.3, -0.25) is 14.4 Å². The maximum atomic E-state index is 12.6. The summed E-state index contributed by atoms with van der Waals surface area (Å²) in [7, 11) is -1.49. The van der Waals surface area contributed by atoms with Gasteiger partial charge in [0.25, 0.3) is 0 Å². The Bertz CT molecular complexity index is 1100. The summed E-state index contributed by atoms with van der Waals surface area (Å²) < 4.78 is 24.3. The van der Waals surface area contributed by atoms with Crippen molar-refractivity contribution in [2.75, 3.05) is 43.0 Å². The number of anilines is 2. The summed E-state index contributed by atoms with van der Waals surface area (Å²) in [5.41, 5.74) is 4.49. The van der Waals surface area contributed by atoms with Gasteiger partial charge in [-0.1, -0.05) is 90.6 Å². The third kappa shape index (κ3) is 16.8. The van der Waals surface area contributed by atoms with Gasteiger partial charge >= 0.3 is 0 Å². The average molecular weight is 621 g/mol. The van der Waals surface area contributed by atoms with Crippen molar-refractivity contribution in [2.24, 2.45) is 0 Å². The number of hydrogen-bond donors (Lipinski definition) is 4. The predicted octanol–water partition coefficient (Wildman–Crippen LogP) is 7.04. The normalized spacial score (nSPS) is 15.3. The van der Waals surface area contributed by atoms with Crippen molar-refractivity contribution in [2.45, 2.75) is 106 Å². The smallest absolute Gasteiger partial charge is 0.241 e. The topological polar surface area (TPSA) is 111 Å². The van der Waals surface area contributed by atoms with Crippen LogP contribution in [-0.4, -0.2) is 63.3 Å². The number of aliphatic hydroxyl groups excluding tert-OH is 1. The van der Waals surface area contributed by atoms with Crippen molar-refractivity contribution in [3.63, 3.8) is 0 Å². The number of amides is 1. The third-order valence-electron chi connectivity index (χ3n) is 6.86. The fraction of sp³-hybridized carbons (Fsp3) is 0.618. The second-order valence-electron chi connectivity index (χ2n) is 10.7. The van der Waals surface area contributed by atoms with Crippen molar-refractivity contribution in [3.8, 4) is 0 Å². The zero-order valence-corrected chi connectivity index (χ0v) is 29.1. The molecule has 1 amide bonds. The molecule has 0 aromatic heterocycles. The lowest BCUT2D eigenvalue weighted by Crippen LogP contribution is -2.47. The monoisotopic (exact) mass is 620 g/mol. The number of aliphatic hydroxyl groups is 1. The Hall–Kier alpha value is -2.46. The number of aryl methyl sites for hydroxylation is 2. The van der Waals surface area contributed by atoms with E-state index < -0.39 is 16.1 Å². The molecule has 2 aromatic carbocycles. The Balaban J connectivity index is 0.000000687. The Kier molecular flexibility index (Phi) is 21.7. The molecule has 2 unspecified atom stereocenters. The van der Waals surface area contributed by atoms with Crippen LogP contribution >= 0.6 is 0 Å². The van der Waals surface area contributed by atoms with Crippen molar-refractivity contribution in [1.82, 2.24) is 10.2 Å². The first kappa shape index (κ1) is 40.5. The van der Waals surface area contributed by atoms with Gasteiger partial charge in [0.2, 0.25) is 15.9 Å². The third-order valence-corrected chi connectivity index (χ3v) is 7.47. The molecule has 0 bridgehead atoms. The van der Waals surface area contributed by atoms with Gasteiger partial charge in [-0.05, 0) is 82.1 Å². The molecule has 2 aromatic rings. The van der Waals surface area contributed by atoms with Gasteiger partial charge in [-0.2, -0.15) is 0 Å². The van der Waals surface area contributed by atoms with E-state index in [0.29, 0.717) is 12.2 Å². The molecule has 1 fully saturated rings. The number of para-hydroxylation sites is 1. The molecule has 0 spiro atoms. The Labute approximate surface area is 263 Å². The maximum absolute atomic E-state index is 12.6. The minimum Gasteiger partial charge on any atom is -0.387 e. The van der Waals surface area contributed by atoms with E-state index in [1.54, 1.807) is 31.3 Å². The first-order chi connectivity index (χ1) is 20.5. The molecule has 1 aliphatic heterocycles. The van der Waals surface area contributed by atoms with Crippen LogP contribution in [-0.2, 0) is 14.8 Å². The molecule has 3 rings (SSSR count). The number of nitrogens with one attached hydrogen (secondary N) is 3. The number of likely N-dealkylation sites (tertiary alicyclic amines) is 1. The molecule has 1 saturated heterocycles. The van der Waals surface area contributed by atoms with Gasteiger partial charge in [-0.25, -0.2) is 8.42 Å². The summed E-state index contributed by atoms with van der Waals surface area (Å²) in [6, 6.07) is 12.8. The number of sulfonamides is 1. The highest BCUT2D eigenvalue weighted by Gasteiger charge is 2.28. The van der Waals surface area contributed by atoms with E-state index in [-0.39, 0.29) is 11.9 Å². The molecule has 8 nitrogen and oxygen atoms in total. The van der Waals surface area contributed by atoms with E-state index in [1.807, 2.05) is 45.9 Å². The second kappa shape index (κ2) is 23.0. The zero-order valence-electron chi connectivity index (χ0n) is 28.3. The van der Waals surface area contributed by atoms with Gasteiger partial charge in [0.05, 0.1) is 18.4 Å². The molecular weight excluding hydrogens is 560 g/mol. The minimum atomic E-state index is -3.25. The van der Waals surface area contributed by atoms with Crippen LogP contribution < -0.4 is 15.4 Å². The van der Waals surface area contributed by atoms with E-state index in [1.165, 1.54) is 25.7 Å². The average Bonchev–Trinajstić information content (AvgIpc) is 2.97. The van der Waals surface area contributed by atoms with E-state index in [4.69, 9.17) is 0 Å². The molecule has 4 N–H and O–H groups in total. The van der Waals surface area contributed by atoms with Gasteiger partial charge in [0, 0.05) is 17.9 Å². The number of nitrogens with zero attached hydrogens (tertiary/aromatic N) is 1. The van der Waals surface area contributed by atoms with Crippen molar-refractivity contribution >= 4 is 27.3 Å². The number of hydrogen-bond acceptors (Lipinski definition) is 6. The lowest BCUT2D eigenvalue weighted by molar-refractivity contribution is -0.122. The van der Waals surface area contributed by atoms with Crippen LogP contribution in [0.2, 0.25) is 0 Å². The van der Waals surface area contributed by atoms with Crippen LogP contribution in [0.25, 0.3) is 0 Å². The number of carbonyl (C=O) groups is 1. The highest BCUT2D eigenvalue weighted by molar-refractivity contribution is 7.92. The van der Waals surface area contributed by atoms with E-state index in [2.05, 4.69) is 41.0 Å². The summed E-state index contributed by atoms with van der Waals surface area (Å²) in [5, 5.41) is 15.7. The molecule has 43 heavy (non-hydrogen) atoms. The summed E-state index contributed by atoms with van der Waals surface area (Å²) in [6.07, 6.45) is 9.05. The number of rotatable bonds is 11. The van der Waals surface area contributed by atoms with E-state index >= 15 is 0 Å². The number of piperidine rings is 1. The minimum absolute atomic E-state index is 0.0442. The SMILES string of the molecule is CC.CCCCC.CCCN1CCCCC1C(=O)Nc1c(C)cccc1C.CNCC(O)c1ccc(NS(C)(=O)=O)cc1. The van der Waals surface area contributed by atoms with Gasteiger partial charge in [-0.15, -0.1) is 0 Å². The van der Waals surface area contributed by atoms with Crippen molar-refractivity contribution in [3.05, 3.63) is 59.2 Å². The van der Waals surface area contributed by atoms with Crippen LogP contribution in [0.4, 0.5) is 11.4 Å². The molecule has 1 heterocycles. The van der Waals surface area contributed by atoms with E-state index in [9.17, 15) is 18.3 Å². The van der Waals surface area contributed by atoms with Gasteiger partial charge in [0.1, 0.15) is 0 Å². The first-order valence-corrected chi connectivity index (χ1v) is 17.9. The van der Waals surface area contributed by atoms with Crippen molar-refractivity contribution in [1.29, 1.82) is 0 Å². The molecule has 1 aliphatic rings. The van der Waals surface area contributed by atoms with Crippen LogP contribution in [0, 0.1) is 13.8 Å². The van der Waals surface area contributed by atoms with Crippen LogP contribution in [0.3, 0.4) is 0 Å². The molecule has 2 atom stereocenters. The molecule has 9 heteroatoms. The Morgan fingerprint density at radius 2 is 1.56 bits per heavy atom. The first-order valence-electron chi connectivity index (χ1n) is 16.0. The fourth-order valence-electron chi connectivity index (χ4n) is 4.71. The summed E-state index contributed by atoms with van der Waals surface area (Å²) >= 11 is 0. The molecular formula is C34H60N4O4S. The van der Waals surface area contributed by atoms with Gasteiger partial charge < -0.3 is 15.7 Å². The summed E-state index contributed by atoms with van der Waals surface area (Å²) in [4.78, 5) is 14.9. The fourth-order valence-corrected chi connectivity index (χ4v) is 5.28. The number of carbonyl (C=O) groups excluding carboxylic acids is 1. The van der Waals surface area contributed by atoms with Crippen LogP contribution in [0.15, 0.2) is 42.5 Å².